The first-order valence-electron chi connectivity index (χ1n) is 3.10. The van der Waals surface area contributed by atoms with Crippen LogP contribution in [-0.2, 0) is 4.79 Å². The molecule has 0 atom stereocenters. The first-order valence-corrected chi connectivity index (χ1v) is 5.44. The molecule has 0 spiro atoms. The van der Waals surface area contributed by atoms with Crippen LogP contribution >= 0.6 is 39.9 Å². The number of hydrogen-bond donors (Lipinski definition) is 0. The minimum absolute atomic E-state index is 0.0874. The molecule has 62 valence electrons. The smallest absolute Gasteiger partial charge is 0.244 e. The van der Waals surface area contributed by atoms with Gasteiger partial charge in [-0.25, -0.2) is 0 Å². The Kier molecular flexibility index (Phi) is 2.61. The monoisotopic (exact) mass is 253 g/mol. The molecule has 0 aromatic rings. The summed E-state index contributed by atoms with van der Waals surface area (Å²) in [5.74, 6) is 0.0874. The van der Waals surface area contributed by atoms with Crippen molar-refractivity contribution in [3.63, 3.8) is 0 Å². The van der Waals surface area contributed by atoms with Gasteiger partial charge in [0.05, 0.1) is 10.2 Å². The Balaban J connectivity index is 2.88. The number of alkyl halides is 1. The zero-order valence-electron chi connectivity index (χ0n) is 6.26. The minimum Gasteiger partial charge on any atom is -0.286 e. The summed E-state index contributed by atoms with van der Waals surface area (Å²) in [6, 6.07) is 0. The van der Waals surface area contributed by atoms with Crippen molar-refractivity contribution in [3.05, 3.63) is 0 Å². The number of thioether (sulfide) groups is 1. The van der Waals surface area contributed by atoms with Crippen molar-refractivity contribution < 1.29 is 4.79 Å². The van der Waals surface area contributed by atoms with Crippen LogP contribution in [0.1, 0.15) is 13.8 Å². The summed E-state index contributed by atoms with van der Waals surface area (Å²) in [7, 11) is 0. The maximum absolute atomic E-state index is 11.5. The van der Waals surface area contributed by atoms with Crippen molar-refractivity contribution in [2.75, 3.05) is 5.45 Å². The first-order chi connectivity index (χ1) is 4.99. The van der Waals surface area contributed by atoms with E-state index >= 15 is 0 Å². The van der Waals surface area contributed by atoms with Crippen LogP contribution in [0.25, 0.3) is 0 Å². The van der Waals surface area contributed by atoms with Crippen molar-refractivity contribution >= 4 is 50.1 Å². The Hall–Kier alpha value is 0.390. The maximum Gasteiger partial charge on any atom is 0.244 e. The molecule has 1 aliphatic heterocycles. The lowest BCUT2D eigenvalue weighted by Crippen LogP contribution is -2.34. The van der Waals surface area contributed by atoms with Crippen LogP contribution in [0.5, 0.6) is 0 Å². The van der Waals surface area contributed by atoms with Crippen LogP contribution in [0.3, 0.4) is 0 Å². The lowest BCUT2D eigenvalue weighted by atomic mass is 10.2. The SMILES string of the molecule is CC1(C)SC(=S)N(CBr)C1=O. The Bertz CT molecular complexity index is 217. The zero-order valence-corrected chi connectivity index (χ0v) is 9.48. The van der Waals surface area contributed by atoms with Gasteiger partial charge >= 0.3 is 0 Å². The molecule has 1 aliphatic rings. The predicted molar refractivity (Wildman–Crippen MR) is 54.9 cm³/mol. The van der Waals surface area contributed by atoms with E-state index in [2.05, 4.69) is 15.9 Å². The van der Waals surface area contributed by atoms with E-state index < -0.39 is 0 Å². The van der Waals surface area contributed by atoms with Crippen LogP contribution in [0.2, 0.25) is 0 Å². The Labute approximate surface area is 83.8 Å². The van der Waals surface area contributed by atoms with Crippen molar-refractivity contribution in [3.8, 4) is 0 Å². The normalized spacial score (nSPS) is 23.0. The summed E-state index contributed by atoms with van der Waals surface area (Å²) in [6.07, 6.45) is 0. The van der Waals surface area contributed by atoms with Crippen LogP contribution in [0.15, 0.2) is 0 Å². The molecule has 1 amide bonds. The molecule has 2 nitrogen and oxygen atoms in total. The second-order valence-electron chi connectivity index (χ2n) is 2.73. The number of thiocarbonyl (C=S) groups is 1. The van der Waals surface area contributed by atoms with Gasteiger partial charge in [0, 0.05) is 0 Å². The summed E-state index contributed by atoms with van der Waals surface area (Å²) in [6.45, 7) is 3.77. The van der Waals surface area contributed by atoms with E-state index in [-0.39, 0.29) is 10.7 Å². The van der Waals surface area contributed by atoms with Gasteiger partial charge in [0.15, 0.2) is 0 Å². The minimum atomic E-state index is -0.370. The third-order valence-corrected chi connectivity index (χ3v) is 3.49. The second-order valence-corrected chi connectivity index (χ2v) is 5.49. The van der Waals surface area contributed by atoms with Crippen LogP contribution in [0.4, 0.5) is 0 Å². The van der Waals surface area contributed by atoms with Crippen molar-refractivity contribution in [2.24, 2.45) is 0 Å². The topological polar surface area (TPSA) is 20.3 Å². The summed E-state index contributed by atoms with van der Waals surface area (Å²) >= 11 is 9.66. The molecule has 1 heterocycles. The highest BCUT2D eigenvalue weighted by Crippen LogP contribution is 2.36. The molecule has 0 radical (unpaired) electrons. The molecule has 0 N–H and O–H groups in total. The number of halogens is 1. The Morgan fingerprint density at radius 3 is 2.45 bits per heavy atom. The van der Waals surface area contributed by atoms with E-state index in [0.717, 1.165) is 0 Å². The van der Waals surface area contributed by atoms with Crippen LogP contribution in [0, 0.1) is 0 Å². The van der Waals surface area contributed by atoms with E-state index in [1.54, 1.807) is 4.90 Å². The molecular formula is C6H8BrNOS2. The highest BCUT2D eigenvalue weighted by Gasteiger charge is 2.42. The molecule has 0 aliphatic carbocycles. The number of nitrogens with zero attached hydrogens (tertiary/aromatic N) is 1. The molecule has 0 unspecified atom stereocenters. The molecule has 0 bridgehead atoms. The van der Waals surface area contributed by atoms with E-state index in [1.165, 1.54) is 11.8 Å². The van der Waals surface area contributed by atoms with Crippen LogP contribution < -0.4 is 0 Å². The quantitative estimate of drug-likeness (QED) is 0.405. The van der Waals surface area contributed by atoms with Gasteiger partial charge in [0.1, 0.15) is 4.32 Å². The highest BCUT2D eigenvalue weighted by atomic mass is 79.9. The van der Waals surface area contributed by atoms with Gasteiger partial charge in [0.2, 0.25) is 5.91 Å². The van der Waals surface area contributed by atoms with E-state index in [0.29, 0.717) is 9.77 Å². The number of carbonyl (C=O) groups excluding carboxylic acids is 1. The maximum atomic E-state index is 11.5. The van der Waals surface area contributed by atoms with Gasteiger partial charge in [-0.2, -0.15) is 0 Å². The fourth-order valence-corrected chi connectivity index (χ4v) is 3.30. The molecule has 1 fully saturated rings. The first kappa shape index (κ1) is 9.48. The Morgan fingerprint density at radius 1 is 1.73 bits per heavy atom. The number of hydrogen-bond acceptors (Lipinski definition) is 3. The molecule has 5 heteroatoms. The molecule has 1 rings (SSSR count). The average molecular weight is 254 g/mol. The summed E-state index contributed by atoms with van der Waals surface area (Å²) in [4.78, 5) is 13.0. The second kappa shape index (κ2) is 3.03. The van der Waals surface area contributed by atoms with E-state index in [4.69, 9.17) is 12.2 Å². The predicted octanol–water partition coefficient (Wildman–Crippen LogP) is 1.98. The van der Waals surface area contributed by atoms with Gasteiger partial charge in [0.25, 0.3) is 0 Å². The van der Waals surface area contributed by atoms with Gasteiger partial charge in [-0.3, -0.25) is 9.69 Å². The average Bonchev–Trinajstić information content (AvgIpc) is 2.04. The largest absolute Gasteiger partial charge is 0.286 e. The third-order valence-electron chi connectivity index (χ3n) is 1.44. The van der Waals surface area contributed by atoms with Crippen LogP contribution in [-0.4, -0.2) is 25.3 Å². The van der Waals surface area contributed by atoms with Gasteiger partial charge in [-0.15, -0.1) is 0 Å². The zero-order chi connectivity index (χ0) is 8.65. The summed E-state index contributed by atoms with van der Waals surface area (Å²) in [5, 5.41) is 0. The van der Waals surface area contributed by atoms with Crippen molar-refractivity contribution in [1.82, 2.24) is 4.90 Å². The van der Waals surface area contributed by atoms with Gasteiger partial charge < -0.3 is 0 Å². The standard InChI is InChI=1S/C6H8BrNOS2/c1-6(2)4(9)8(3-7)5(10)11-6/h3H2,1-2H3. The lowest BCUT2D eigenvalue weighted by molar-refractivity contribution is -0.127. The summed E-state index contributed by atoms with van der Waals surface area (Å²) in [5.41, 5.74) is 0.501. The number of rotatable bonds is 1. The summed E-state index contributed by atoms with van der Waals surface area (Å²) < 4.78 is 0.294. The fourth-order valence-electron chi connectivity index (χ4n) is 0.828. The number of carbonyl (C=O) groups is 1. The number of amides is 1. The van der Waals surface area contributed by atoms with E-state index in [9.17, 15) is 4.79 Å². The highest BCUT2D eigenvalue weighted by molar-refractivity contribution is 9.09. The van der Waals surface area contributed by atoms with Gasteiger partial charge in [-0.1, -0.05) is 39.9 Å². The molecule has 0 aromatic carbocycles. The van der Waals surface area contributed by atoms with Crippen molar-refractivity contribution in [1.29, 1.82) is 0 Å². The van der Waals surface area contributed by atoms with E-state index in [1.807, 2.05) is 13.8 Å². The lowest BCUT2D eigenvalue weighted by Gasteiger charge is -2.13. The molecular weight excluding hydrogens is 246 g/mol. The Morgan fingerprint density at radius 2 is 2.27 bits per heavy atom. The fraction of sp³-hybridized carbons (Fsp3) is 0.667. The molecule has 0 aromatic heterocycles. The third kappa shape index (κ3) is 1.60. The molecule has 0 saturated carbocycles. The molecule has 1 saturated heterocycles. The molecule has 11 heavy (non-hydrogen) atoms. The van der Waals surface area contributed by atoms with Gasteiger partial charge in [-0.05, 0) is 13.8 Å². The van der Waals surface area contributed by atoms with Crippen molar-refractivity contribution in [2.45, 2.75) is 18.6 Å².